The molecule has 90 valence electrons. The summed E-state index contributed by atoms with van der Waals surface area (Å²) in [5.41, 5.74) is 1.16. The maximum Gasteiger partial charge on any atom is 0.130 e. The van der Waals surface area contributed by atoms with Crippen LogP contribution in [-0.4, -0.2) is 33.7 Å². The van der Waals surface area contributed by atoms with Crippen molar-refractivity contribution in [2.75, 3.05) is 13.2 Å². The lowest BCUT2D eigenvalue weighted by atomic mass is 9.87. The van der Waals surface area contributed by atoms with Gasteiger partial charge in [-0.25, -0.2) is 0 Å². The SMILES string of the molecule is Cc1nn(C)c(Cl)c1CC1(O)CCOCC1. The third-order valence-corrected chi connectivity index (χ3v) is 3.67. The minimum Gasteiger partial charge on any atom is -0.389 e. The van der Waals surface area contributed by atoms with Crippen molar-refractivity contribution >= 4 is 11.6 Å². The monoisotopic (exact) mass is 244 g/mol. The van der Waals surface area contributed by atoms with E-state index in [0.29, 0.717) is 37.6 Å². The zero-order chi connectivity index (χ0) is 11.8. The molecule has 0 bridgehead atoms. The van der Waals surface area contributed by atoms with Gasteiger partial charge in [0.25, 0.3) is 0 Å². The van der Waals surface area contributed by atoms with Gasteiger partial charge in [0.2, 0.25) is 0 Å². The number of rotatable bonds is 2. The van der Waals surface area contributed by atoms with Crippen LogP contribution in [0.4, 0.5) is 0 Å². The summed E-state index contributed by atoms with van der Waals surface area (Å²) in [5, 5.41) is 15.3. The second-order valence-corrected chi connectivity index (χ2v) is 4.85. The zero-order valence-electron chi connectivity index (χ0n) is 9.66. The number of aryl methyl sites for hydroxylation is 2. The summed E-state index contributed by atoms with van der Waals surface area (Å²) in [4.78, 5) is 0. The average Bonchev–Trinajstić information content (AvgIpc) is 2.46. The Morgan fingerprint density at radius 1 is 1.50 bits per heavy atom. The van der Waals surface area contributed by atoms with Gasteiger partial charge in [-0.15, -0.1) is 0 Å². The highest BCUT2D eigenvalue weighted by molar-refractivity contribution is 6.30. The van der Waals surface area contributed by atoms with Crippen molar-refractivity contribution in [3.63, 3.8) is 0 Å². The van der Waals surface area contributed by atoms with Gasteiger partial charge < -0.3 is 9.84 Å². The van der Waals surface area contributed by atoms with E-state index in [9.17, 15) is 5.11 Å². The maximum atomic E-state index is 10.4. The fourth-order valence-corrected chi connectivity index (χ4v) is 2.37. The molecular formula is C11H17ClN2O2. The Morgan fingerprint density at radius 2 is 2.12 bits per heavy atom. The Hall–Kier alpha value is -0.580. The number of ether oxygens (including phenoxy) is 1. The largest absolute Gasteiger partial charge is 0.389 e. The van der Waals surface area contributed by atoms with Crippen LogP contribution in [-0.2, 0) is 18.2 Å². The Labute approximate surface area is 100 Å². The summed E-state index contributed by atoms with van der Waals surface area (Å²) in [6, 6.07) is 0. The van der Waals surface area contributed by atoms with E-state index in [4.69, 9.17) is 16.3 Å². The van der Waals surface area contributed by atoms with Gasteiger partial charge in [-0.1, -0.05) is 11.6 Å². The van der Waals surface area contributed by atoms with Gasteiger partial charge in [0.15, 0.2) is 0 Å². The summed E-state index contributed by atoms with van der Waals surface area (Å²) in [5.74, 6) is 0. The number of halogens is 1. The highest BCUT2D eigenvalue weighted by Crippen LogP contribution is 2.29. The van der Waals surface area contributed by atoms with E-state index in [1.807, 2.05) is 14.0 Å². The highest BCUT2D eigenvalue weighted by Gasteiger charge is 2.32. The van der Waals surface area contributed by atoms with Crippen molar-refractivity contribution < 1.29 is 9.84 Å². The third-order valence-electron chi connectivity index (χ3n) is 3.20. The molecule has 2 rings (SSSR count). The Balaban J connectivity index is 2.19. The van der Waals surface area contributed by atoms with Crippen LogP contribution in [0.3, 0.4) is 0 Å². The molecule has 0 atom stereocenters. The summed E-state index contributed by atoms with van der Waals surface area (Å²) >= 11 is 6.15. The molecule has 1 aromatic rings. The summed E-state index contributed by atoms with van der Waals surface area (Å²) in [7, 11) is 1.81. The van der Waals surface area contributed by atoms with Crippen molar-refractivity contribution in [2.45, 2.75) is 31.8 Å². The van der Waals surface area contributed by atoms with Crippen LogP contribution < -0.4 is 0 Å². The number of nitrogens with zero attached hydrogens (tertiary/aromatic N) is 2. The first-order valence-corrected chi connectivity index (χ1v) is 5.88. The smallest absolute Gasteiger partial charge is 0.130 e. The van der Waals surface area contributed by atoms with Crippen LogP contribution in [0.25, 0.3) is 0 Å². The standard InChI is InChI=1S/C11H17ClN2O2/c1-8-9(10(12)14(2)13-8)7-11(15)3-5-16-6-4-11/h15H,3-7H2,1-2H3. The number of aromatic nitrogens is 2. The van der Waals surface area contributed by atoms with E-state index in [1.165, 1.54) is 0 Å². The molecule has 0 unspecified atom stereocenters. The second kappa shape index (κ2) is 4.35. The van der Waals surface area contributed by atoms with Crippen molar-refractivity contribution in [1.29, 1.82) is 0 Å². The van der Waals surface area contributed by atoms with Crippen LogP contribution in [0.5, 0.6) is 0 Å². The van der Waals surface area contributed by atoms with Gasteiger partial charge in [-0.05, 0) is 19.8 Å². The Morgan fingerprint density at radius 3 is 2.62 bits per heavy atom. The third kappa shape index (κ3) is 2.24. The van der Waals surface area contributed by atoms with Crippen LogP contribution in [0, 0.1) is 6.92 Å². The van der Waals surface area contributed by atoms with Crippen molar-refractivity contribution in [2.24, 2.45) is 7.05 Å². The minimum atomic E-state index is -0.685. The molecule has 0 amide bonds. The second-order valence-electron chi connectivity index (χ2n) is 4.49. The molecule has 1 aliphatic heterocycles. The zero-order valence-corrected chi connectivity index (χ0v) is 10.4. The molecule has 1 aliphatic rings. The minimum absolute atomic E-state index is 0.564. The number of hydrogen-bond acceptors (Lipinski definition) is 3. The fourth-order valence-electron chi connectivity index (χ4n) is 2.13. The molecule has 1 fully saturated rings. The van der Waals surface area contributed by atoms with Crippen LogP contribution in [0.2, 0.25) is 5.15 Å². The van der Waals surface area contributed by atoms with Crippen LogP contribution in [0.1, 0.15) is 24.1 Å². The molecule has 1 saturated heterocycles. The molecule has 0 radical (unpaired) electrons. The first-order chi connectivity index (χ1) is 7.52. The Kier molecular flexibility index (Phi) is 3.24. The molecule has 2 heterocycles. The molecular weight excluding hydrogens is 228 g/mol. The van der Waals surface area contributed by atoms with E-state index in [0.717, 1.165) is 11.3 Å². The van der Waals surface area contributed by atoms with Gasteiger partial charge in [0.05, 0.1) is 11.3 Å². The van der Waals surface area contributed by atoms with Gasteiger partial charge in [0, 0.05) is 32.2 Å². The lowest BCUT2D eigenvalue weighted by Gasteiger charge is -2.32. The first-order valence-electron chi connectivity index (χ1n) is 5.50. The fraction of sp³-hybridized carbons (Fsp3) is 0.727. The predicted molar refractivity (Wildman–Crippen MR) is 61.7 cm³/mol. The molecule has 1 aromatic heterocycles. The van der Waals surface area contributed by atoms with Crippen molar-refractivity contribution in [3.05, 3.63) is 16.4 Å². The van der Waals surface area contributed by atoms with Gasteiger partial charge in [-0.3, -0.25) is 4.68 Å². The predicted octanol–water partition coefficient (Wildman–Crippen LogP) is 1.47. The molecule has 1 N–H and O–H groups in total. The molecule has 0 spiro atoms. The van der Waals surface area contributed by atoms with Crippen molar-refractivity contribution in [3.8, 4) is 0 Å². The topological polar surface area (TPSA) is 47.3 Å². The summed E-state index contributed by atoms with van der Waals surface area (Å²) in [6.45, 7) is 3.16. The lowest BCUT2D eigenvalue weighted by molar-refractivity contribution is -0.0626. The van der Waals surface area contributed by atoms with Gasteiger partial charge >= 0.3 is 0 Å². The maximum absolute atomic E-state index is 10.4. The molecule has 5 heteroatoms. The van der Waals surface area contributed by atoms with E-state index in [2.05, 4.69) is 5.10 Å². The Bertz CT molecular complexity index is 384. The highest BCUT2D eigenvalue weighted by atomic mass is 35.5. The number of aliphatic hydroxyl groups is 1. The van der Waals surface area contributed by atoms with E-state index < -0.39 is 5.60 Å². The van der Waals surface area contributed by atoms with Crippen LogP contribution >= 0.6 is 11.6 Å². The van der Waals surface area contributed by atoms with E-state index >= 15 is 0 Å². The quantitative estimate of drug-likeness (QED) is 0.857. The summed E-state index contributed by atoms with van der Waals surface area (Å²) in [6.07, 6.45) is 1.89. The van der Waals surface area contributed by atoms with Crippen LogP contribution in [0.15, 0.2) is 0 Å². The molecule has 0 saturated carbocycles. The van der Waals surface area contributed by atoms with Crippen molar-refractivity contribution in [1.82, 2.24) is 9.78 Å². The van der Waals surface area contributed by atoms with Gasteiger partial charge in [0.1, 0.15) is 5.15 Å². The normalized spacial score (nSPS) is 20.0. The molecule has 16 heavy (non-hydrogen) atoms. The number of hydrogen-bond donors (Lipinski definition) is 1. The van der Waals surface area contributed by atoms with E-state index in [1.54, 1.807) is 4.68 Å². The van der Waals surface area contributed by atoms with E-state index in [-0.39, 0.29) is 0 Å². The summed E-state index contributed by atoms with van der Waals surface area (Å²) < 4.78 is 6.90. The van der Waals surface area contributed by atoms with Gasteiger partial charge in [-0.2, -0.15) is 5.10 Å². The average molecular weight is 245 g/mol. The molecule has 0 aromatic carbocycles. The molecule has 4 nitrogen and oxygen atoms in total. The lowest BCUT2D eigenvalue weighted by Crippen LogP contribution is -2.38. The molecule has 0 aliphatic carbocycles. The first kappa shape index (κ1) is 11.9.